The van der Waals surface area contributed by atoms with Crippen molar-refractivity contribution in [3.8, 4) is 11.4 Å². The predicted molar refractivity (Wildman–Crippen MR) is 83.9 cm³/mol. The average molecular weight is 297 g/mol. The lowest BCUT2D eigenvalue weighted by molar-refractivity contribution is 0.414. The van der Waals surface area contributed by atoms with Crippen molar-refractivity contribution in [2.24, 2.45) is 0 Å². The van der Waals surface area contributed by atoms with Crippen LogP contribution in [0.4, 0.5) is 0 Å². The van der Waals surface area contributed by atoms with Crippen LogP contribution in [-0.4, -0.2) is 21.6 Å². The fourth-order valence-electron chi connectivity index (χ4n) is 1.97. The highest BCUT2D eigenvalue weighted by atomic mass is 32.2. The van der Waals surface area contributed by atoms with Crippen LogP contribution in [0.25, 0.3) is 5.69 Å². The third kappa shape index (κ3) is 3.25. The molecule has 0 spiro atoms. The Morgan fingerprint density at radius 1 is 1.14 bits per heavy atom. The Labute approximate surface area is 127 Å². The molecule has 0 saturated heterocycles. The number of hydrogen-bond acceptors (Lipinski definition) is 4. The maximum absolute atomic E-state index is 5.19. The third-order valence-electron chi connectivity index (χ3n) is 3.05. The number of pyridine rings is 1. The van der Waals surface area contributed by atoms with Gasteiger partial charge in [0.2, 0.25) is 0 Å². The molecule has 2 heterocycles. The van der Waals surface area contributed by atoms with E-state index in [4.69, 9.17) is 4.74 Å². The van der Waals surface area contributed by atoms with E-state index in [0.29, 0.717) is 0 Å². The summed E-state index contributed by atoms with van der Waals surface area (Å²) in [5.74, 6) is 1.70. The fraction of sp³-hybridized carbons (Fsp3) is 0.125. The van der Waals surface area contributed by atoms with Gasteiger partial charge in [-0.2, -0.15) is 0 Å². The number of benzene rings is 1. The third-order valence-corrected chi connectivity index (χ3v) is 4.09. The number of rotatable bonds is 5. The number of ether oxygens (including phenoxy) is 1. The van der Waals surface area contributed by atoms with Crippen molar-refractivity contribution in [1.29, 1.82) is 0 Å². The molecule has 3 rings (SSSR count). The zero-order chi connectivity index (χ0) is 14.5. The van der Waals surface area contributed by atoms with E-state index in [9.17, 15) is 0 Å². The first-order chi connectivity index (χ1) is 10.4. The smallest absolute Gasteiger partial charge is 0.172 e. The van der Waals surface area contributed by atoms with E-state index in [2.05, 4.69) is 20.6 Å². The Bertz CT molecular complexity index is 695. The van der Waals surface area contributed by atoms with E-state index in [-0.39, 0.29) is 0 Å². The number of methoxy groups -OCH3 is 1. The van der Waals surface area contributed by atoms with E-state index in [0.717, 1.165) is 22.3 Å². The molecule has 0 aliphatic heterocycles. The van der Waals surface area contributed by atoms with Gasteiger partial charge in [0.15, 0.2) is 5.16 Å². The standard InChI is InChI=1S/C16H15N3OS/c1-20-15-6-4-14(5-7-15)19-10-9-18-16(19)21-12-13-3-2-8-17-11-13/h2-11H,12H2,1H3. The largest absolute Gasteiger partial charge is 0.497 e. The van der Waals surface area contributed by atoms with Crippen LogP contribution in [-0.2, 0) is 5.75 Å². The minimum Gasteiger partial charge on any atom is -0.497 e. The number of thioether (sulfide) groups is 1. The van der Waals surface area contributed by atoms with E-state index in [1.807, 2.05) is 48.9 Å². The molecule has 0 aliphatic rings. The van der Waals surface area contributed by atoms with E-state index in [1.54, 1.807) is 25.1 Å². The topological polar surface area (TPSA) is 39.9 Å². The minimum atomic E-state index is 0.848. The Morgan fingerprint density at radius 2 is 2.00 bits per heavy atom. The molecular weight excluding hydrogens is 282 g/mol. The zero-order valence-electron chi connectivity index (χ0n) is 11.6. The van der Waals surface area contributed by atoms with Crippen molar-refractivity contribution in [2.75, 3.05) is 7.11 Å². The van der Waals surface area contributed by atoms with Gasteiger partial charge in [-0.15, -0.1) is 0 Å². The maximum atomic E-state index is 5.19. The summed E-state index contributed by atoms with van der Waals surface area (Å²) >= 11 is 1.69. The number of aromatic nitrogens is 3. The van der Waals surface area contributed by atoms with Gasteiger partial charge < -0.3 is 4.74 Å². The molecule has 0 aliphatic carbocycles. The fourth-order valence-corrected chi connectivity index (χ4v) is 2.87. The Morgan fingerprint density at radius 3 is 2.71 bits per heavy atom. The highest BCUT2D eigenvalue weighted by Gasteiger charge is 2.06. The Hall–Kier alpha value is -2.27. The SMILES string of the molecule is COc1ccc(-n2ccnc2SCc2cccnc2)cc1. The van der Waals surface area contributed by atoms with Crippen molar-refractivity contribution in [3.05, 3.63) is 66.7 Å². The minimum absolute atomic E-state index is 0.848. The summed E-state index contributed by atoms with van der Waals surface area (Å²) in [5, 5.41) is 0.962. The molecule has 1 aromatic carbocycles. The monoisotopic (exact) mass is 297 g/mol. The van der Waals surface area contributed by atoms with Crippen LogP contribution in [0, 0.1) is 0 Å². The van der Waals surface area contributed by atoms with Gasteiger partial charge in [0, 0.05) is 36.2 Å². The second-order valence-corrected chi connectivity index (χ2v) is 5.37. The van der Waals surface area contributed by atoms with Crippen LogP contribution in [0.5, 0.6) is 5.75 Å². The summed E-state index contributed by atoms with van der Waals surface area (Å²) in [5.41, 5.74) is 2.26. The highest BCUT2D eigenvalue weighted by Crippen LogP contribution is 2.24. The van der Waals surface area contributed by atoms with Crippen LogP contribution < -0.4 is 4.74 Å². The van der Waals surface area contributed by atoms with Gasteiger partial charge in [-0.05, 0) is 35.9 Å². The first-order valence-electron chi connectivity index (χ1n) is 6.56. The summed E-state index contributed by atoms with van der Waals surface area (Å²) in [6.45, 7) is 0. The van der Waals surface area contributed by atoms with Crippen LogP contribution in [0.1, 0.15) is 5.56 Å². The lowest BCUT2D eigenvalue weighted by atomic mass is 10.3. The predicted octanol–water partition coefficient (Wildman–Crippen LogP) is 3.57. The molecule has 2 aromatic heterocycles. The second-order valence-electron chi connectivity index (χ2n) is 4.43. The van der Waals surface area contributed by atoms with Gasteiger partial charge in [0.25, 0.3) is 0 Å². The Kier molecular flexibility index (Phi) is 4.21. The van der Waals surface area contributed by atoms with Crippen molar-refractivity contribution in [2.45, 2.75) is 10.9 Å². The summed E-state index contributed by atoms with van der Waals surface area (Å²) in [4.78, 5) is 8.55. The maximum Gasteiger partial charge on any atom is 0.172 e. The lowest BCUT2D eigenvalue weighted by Crippen LogP contribution is -1.95. The van der Waals surface area contributed by atoms with Crippen molar-refractivity contribution in [3.63, 3.8) is 0 Å². The molecule has 4 nitrogen and oxygen atoms in total. The van der Waals surface area contributed by atoms with Crippen molar-refractivity contribution < 1.29 is 4.74 Å². The molecule has 3 aromatic rings. The molecule has 0 fully saturated rings. The summed E-state index contributed by atoms with van der Waals surface area (Å²) < 4.78 is 7.25. The molecule has 0 bridgehead atoms. The van der Waals surface area contributed by atoms with Gasteiger partial charge in [-0.25, -0.2) is 4.98 Å². The molecule has 0 saturated carbocycles. The molecule has 106 valence electrons. The van der Waals surface area contributed by atoms with Gasteiger partial charge in [0.1, 0.15) is 5.75 Å². The molecular formula is C16H15N3OS. The van der Waals surface area contributed by atoms with Gasteiger partial charge in [-0.3, -0.25) is 9.55 Å². The van der Waals surface area contributed by atoms with Crippen molar-refractivity contribution in [1.82, 2.24) is 14.5 Å². The number of hydrogen-bond donors (Lipinski definition) is 0. The average Bonchev–Trinajstić information content (AvgIpc) is 3.02. The van der Waals surface area contributed by atoms with E-state index < -0.39 is 0 Å². The normalized spacial score (nSPS) is 10.5. The highest BCUT2D eigenvalue weighted by molar-refractivity contribution is 7.98. The molecule has 0 atom stereocenters. The number of imidazole rings is 1. The first kappa shape index (κ1) is 13.7. The van der Waals surface area contributed by atoms with Crippen LogP contribution >= 0.6 is 11.8 Å². The molecule has 0 radical (unpaired) electrons. The van der Waals surface area contributed by atoms with E-state index >= 15 is 0 Å². The molecule has 5 heteroatoms. The molecule has 0 N–H and O–H groups in total. The Balaban J connectivity index is 1.77. The number of nitrogens with zero attached hydrogens (tertiary/aromatic N) is 3. The zero-order valence-corrected chi connectivity index (χ0v) is 12.5. The summed E-state index contributed by atoms with van der Waals surface area (Å²) in [7, 11) is 1.67. The summed E-state index contributed by atoms with van der Waals surface area (Å²) in [6, 6.07) is 12.0. The van der Waals surface area contributed by atoms with Gasteiger partial charge in [-0.1, -0.05) is 17.8 Å². The summed E-state index contributed by atoms with van der Waals surface area (Å²) in [6.07, 6.45) is 7.45. The lowest BCUT2D eigenvalue weighted by Gasteiger charge is -2.08. The van der Waals surface area contributed by atoms with E-state index in [1.165, 1.54) is 5.56 Å². The molecule has 0 unspecified atom stereocenters. The molecule has 0 amide bonds. The van der Waals surface area contributed by atoms with Crippen LogP contribution in [0.2, 0.25) is 0 Å². The van der Waals surface area contributed by atoms with Gasteiger partial charge in [0.05, 0.1) is 7.11 Å². The first-order valence-corrected chi connectivity index (χ1v) is 7.55. The second kappa shape index (κ2) is 6.45. The molecule has 21 heavy (non-hydrogen) atoms. The quantitative estimate of drug-likeness (QED) is 0.675. The van der Waals surface area contributed by atoms with Gasteiger partial charge >= 0.3 is 0 Å². The van der Waals surface area contributed by atoms with Crippen LogP contribution in [0.15, 0.2) is 66.3 Å². The van der Waals surface area contributed by atoms with Crippen LogP contribution in [0.3, 0.4) is 0 Å². The van der Waals surface area contributed by atoms with Crippen molar-refractivity contribution >= 4 is 11.8 Å².